The highest BCUT2D eigenvalue weighted by atomic mass is 19.1. The second kappa shape index (κ2) is 5.22. The van der Waals surface area contributed by atoms with Crippen LogP contribution in [0.15, 0.2) is 24.3 Å². The second-order valence-corrected chi connectivity index (χ2v) is 6.61. The van der Waals surface area contributed by atoms with E-state index in [2.05, 4.69) is 5.32 Å². The molecule has 1 saturated heterocycles. The molecular weight excluding hydrogens is 299 g/mol. The van der Waals surface area contributed by atoms with Crippen molar-refractivity contribution in [3.05, 3.63) is 30.1 Å². The smallest absolute Gasteiger partial charge is 0.325 e. The molecule has 0 spiro atoms. The van der Waals surface area contributed by atoms with Crippen LogP contribution in [0.5, 0.6) is 5.75 Å². The monoisotopic (exact) mass is 318 g/mol. The zero-order valence-corrected chi connectivity index (χ0v) is 12.8. The Morgan fingerprint density at radius 2 is 1.91 bits per heavy atom. The number of ether oxygens (including phenoxy) is 1. The Kier molecular flexibility index (Phi) is 3.28. The molecule has 0 aromatic heterocycles. The molecule has 5 nitrogen and oxygen atoms in total. The molecule has 6 heteroatoms. The van der Waals surface area contributed by atoms with Gasteiger partial charge in [-0.3, -0.25) is 9.69 Å². The highest BCUT2D eigenvalue weighted by molar-refractivity contribution is 6.08. The van der Waals surface area contributed by atoms with Gasteiger partial charge in [-0.2, -0.15) is 0 Å². The molecule has 122 valence electrons. The minimum atomic E-state index is -0.657. The molecule has 23 heavy (non-hydrogen) atoms. The van der Waals surface area contributed by atoms with E-state index in [0.717, 1.165) is 25.7 Å². The second-order valence-electron chi connectivity index (χ2n) is 6.61. The Bertz CT molecular complexity index is 643. The van der Waals surface area contributed by atoms with Gasteiger partial charge >= 0.3 is 6.03 Å². The molecule has 0 atom stereocenters. The third-order valence-electron chi connectivity index (χ3n) is 4.98. The molecule has 3 fully saturated rings. The van der Waals surface area contributed by atoms with Crippen LogP contribution in [0.2, 0.25) is 0 Å². The maximum Gasteiger partial charge on any atom is 0.325 e. The van der Waals surface area contributed by atoms with Crippen LogP contribution >= 0.6 is 0 Å². The van der Waals surface area contributed by atoms with Gasteiger partial charge in [-0.1, -0.05) is 6.07 Å². The van der Waals surface area contributed by atoms with Gasteiger partial charge < -0.3 is 10.1 Å². The number of halogens is 1. The first-order valence-electron chi connectivity index (χ1n) is 8.14. The third kappa shape index (κ3) is 2.46. The number of benzene rings is 1. The van der Waals surface area contributed by atoms with Crippen LogP contribution in [-0.4, -0.2) is 35.5 Å². The van der Waals surface area contributed by atoms with Crippen molar-refractivity contribution in [2.24, 2.45) is 11.8 Å². The molecule has 1 aliphatic heterocycles. The van der Waals surface area contributed by atoms with Crippen molar-refractivity contribution in [1.29, 1.82) is 0 Å². The van der Waals surface area contributed by atoms with E-state index in [4.69, 9.17) is 4.74 Å². The molecule has 4 rings (SSSR count). The van der Waals surface area contributed by atoms with Crippen LogP contribution in [0.4, 0.5) is 9.18 Å². The number of hydrogen-bond acceptors (Lipinski definition) is 3. The van der Waals surface area contributed by atoms with Crippen LogP contribution in [0.1, 0.15) is 25.7 Å². The van der Waals surface area contributed by atoms with E-state index >= 15 is 0 Å². The number of nitrogens with zero attached hydrogens (tertiary/aromatic N) is 1. The Hall–Kier alpha value is -2.11. The summed E-state index contributed by atoms with van der Waals surface area (Å²) in [5, 5.41) is 2.97. The van der Waals surface area contributed by atoms with Gasteiger partial charge in [-0.15, -0.1) is 0 Å². The summed E-state index contributed by atoms with van der Waals surface area (Å²) in [7, 11) is 0. The lowest BCUT2D eigenvalue weighted by Crippen LogP contribution is -2.51. The van der Waals surface area contributed by atoms with Crippen molar-refractivity contribution in [3.8, 4) is 5.75 Å². The summed E-state index contributed by atoms with van der Waals surface area (Å²) in [6.45, 7) is 0.344. The number of amides is 3. The van der Waals surface area contributed by atoms with E-state index in [0.29, 0.717) is 17.6 Å². The molecule has 1 aromatic rings. The Morgan fingerprint density at radius 3 is 2.52 bits per heavy atom. The Balaban J connectivity index is 1.41. The summed E-state index contributed by atoms with van der Waals surface area (Å²) < 4.78 is 18.6. The van der Waals surface area contributed by atoms with Crippen molar-refractivity contribution in [1.82, 2.24) is 10.2 Å². The van der Waals surface area contributed by atoms with Gasteiger partial charge in [0.05, 0.1) is 6.54 Å². The van der Waals surface area contributed by atoms with E-state index in [1.807, 2.05) is 0 Å². The van der Waals surface area contributed by atoms with Gasteiger partial charge in [0.2, 0.25) is 0 Å². The molecule has 2 aliphatic carbocycles. The molecule has 3 aliphatic rings. The number of nitrogens with one attached hydrogen (secondary N) is 1. The lowest BCUT2D eigenvalue weighted by molar-refractivity contribution is -0.133. The van der Waals surface area contributed by atoms with Crippen LogP contribution in [0, 0.1) is 17.7 Å². The summed E-state index contributed by atoms with van der Waals surface area (Å²) in [6.07, 6.45) is 4.04. The van der Waals surface area contributed by atoms with Gasteiger partial charge in [0.1, 0.15) is 23.7 Å². The predicted octanol–water partition coefficient (Wildman–Crippen LogP) is 2.32. The largest absolute Gasteiger partial charge is 0.492 e. The zero-order valence-electron chi connectivity index (χ0n) is 12.8. The quantitative estimate of drug-likeness (QED) is 0.819. The number of carbonyl (C=O) groups is 2. The number of rotatable bonds is 6. The van der Waals surface area contributed by atoms with Gasteiger partial charge in [0, 0.05) is 6.07 Å². The third-order valence-corrected chi connectivity index (χ3v) is 4.98. The number of urea groups is 1. The van der Waals surface area contributed by atoms with Crippen LogP contribution in [-0.2, 0) is 4.79 Å². The molecule has 1 heterocycles. The highest BCUT2D eigenvalue weighted by Crippen LogP contribution is 2.54. The van der Waals surface area contributed by atoms with E-state index < -0.39 is 5.54 Å². The molecular formula is C17H19FN2O3. The number of imide groups is 1. The number of carbonyl (C=O) groups excluding carboxylic acids is 2. The van der Waals surface area contributed by atoms with Gasteiger partial charge in [0.25, 0.3) is 5.91 Å². The van der Waals surface area contributed by atoms with Crippen LogP contribution < -0.4 is 10.1 Å². The summed E-state index contributed by atoms with van der Waals surface area (Å²) in [4.78, 5) is 26.3. The van der Waals surface area contributed by atoms with Crippen molar-refractivity contribution in [2.75, 3.05) is 13.2 Å². The zero-order chi connectivity index (χ0) is 16.0. The maximum atomic E-state index is 13.1. The van der Waals surface area contributed by atoms with Crippen LogP contribution in [0.25, 0.3) is 0 Å². The molecule has 0 bridgehead atoms. The standard InChI is InChI=1S/C17H19FN2O3/c18-13-2-1-3-14(10-13)23-9-8-20-15(21)17(11-4-5-11,12-6-7-12)19-16(20)22/h1-3,10-12H,4-9H2,(H,19,22). The summed E-state index contributed by atoms with van der Waals surface area (Å²) >= 11 is 0. The maximum absolute atomic E-state index is 13.1. The first-order chi connectivity index (χ1) is 11.1. The minimum Gasteiger partial charge on any atom is -0.492 e. The SMILES string of the molecule is O=C1NC(C2CC2)(C2CC2)C(=O)N1CCOc1cccc(F)c1. The average molecular weight is 318 g/mol. The molecule has 0 radical (unpaired) electrons. The minimum absolute atomic E-state index is 0.102. The fourth-order valence-corrected chi connectivity index (χ4v) is 3.59. The van der Waals surface area contributed by atoms with Gasteiger partial charge in [0.15, 0.2) is 0 Å². The highest BCUT2D eigenvalue weighted by Gasteiger charge is 2.65. The predicted molar refractivity (Wildman–Crippen MR) is 80.3 cm³/mol. The molecule has 0 unspecified atom stereocenters. The Labute approximate surface area is 133 Å². The normalized spacial score (nSPS) is 23.1. The summed E-state index contributed by atoms with van der Waals surface area (Å²) in [5.41, 5.74) is -0.657. The number of hydrogen-bond donors (Lipinski definition) is 1. The molecule has 1 N–H and O–H groups in total. The van der Waals surface area contributed by atoms with Crippen LogP contribution in [0.3, 0.4) is 0 Å². The first kappa shape index (κ1) is 14.5. The fourth-order valence-electron chi connectivity index (χ4n) is 3.59. The Morgan fingerprint density at radius 1 is 1.22 bits per heavy atom. The van der Waals surface area contributed by atoms with E-state index in [1.165, 1.54) is 17.0 Å². The van der Waals surface area contributed by atoms with Gasteiger partial charge in [-0.05, 0) is 49.7 Å². The lowest BCUT2D eigenvalue weighted by Gasteiger charge is -2.26. The van der Waals surface area contributed by atoms with Crippen molar-refractivity contribution in [3.63, 3.8) is 0 Å². The lowest BCUT2D eigenvalue weighted by atomic mass is 9.87. The fraction of sp³-hybridized carbons (Fsp3) is 0.529. The average Bonchev–Trinajstić information content (AvgIpc) is 3.41. The van der Waals surface area contributed by atoms with Gasteiger partial charge in [-0.25, -0.2) is 9.18 Å². The molecule has 3 amide bonds. The van der Waals surface area contributed by atoms with Crippen molar-refractivity contribution in [2.45, 2.75) is 31.2 Å². The molecule has 1 aromatic carbocycles. The molecule has 2 saturated carbocycles. The van der Waals surface area contributed by atoms with E-state index in [-0.39, 0.29) is 30.9 Å². The topological polar surface area (TPSA) is 58.6 Å². The summed E-state index contributed by atoms with van der Waals surface area (Å²) in [5.74, 6) is 0.503. The van der Waals surface area contributed by atoms with E-state index in [1.54, 1.807) is 12.1 Å². The van der Waals surface area contributed by atoms with Crippen molar-refractivity contribution < 1.29 is 18.7 Å². The first-order valence-corrected chi connectivity index (χ1v) is 8.14. The van der Waals surface area contributed by atoms with Crippen molar-refractivity contribution >= 4 is 11.9 Å². The summed E-state index contributed by atoms with van der Waals surface area (Å²) in [6, 6.07) is 5.50. The van der Waals surface area contributed by atoms with E-state index in [9.17, 15) is 14.0 Å².